The van der Waals surface area contributed by atoms with Gasteiger partial charge in [0.15, 0.2) is 0 Å². The molecule has 0 bridgehead atoms. The lowest BCUT2D eigenvalue weighted by Gasteiger charge is -2.24. The van der Waals surface area contributed by atoms with E-state index >= 15 is 0 Å². The lowest BCUT2D eigenvalue weighted by Crippen LogP contribution is -2.36. The molecule has 0 rings (SSSR count). The van der Waals surface area contributed by atoms with Gasteiger partial charge in [0.1, 0.15) is 0 Å². The second kappa shape index (κ2) is 8.29. The van der Waals surface area contributed by atoms with Crippen LogP contribution in [0.3, 0.4) is 0 Å². The summed E-state index contributed by atoms with van der Waals surface area (Å²) in [6.45, 7) is 13.3. The monoisotopic (exact) mass is 240 g/mol. The van der Waals surface area contributed by atoms with E-state index in [4.69, 9.17) is 5.73 Å². The minimum absolute atomic E-state index is 0.0908. The van der Waals surface area contributed by atoms with Crippen LogP contribution in [0.25, 0.3) is 0 Å². The van der Waals surface area contributed by atoms with Crippen molar-refractivity contribution in [2.45, 2.75) is 53.0 Å². The average Bonchev–Trinajstić information content (AvgIpc) is 2.23. The highest BCUT2D eigenvalue weighted by Crippen LogP contribution is 2.13. The van der Waals surface area contributed by atoms with E-state index in [1.54, 1.807) is 0 Å². The molecule has 0 radical (unpaired) electrons. The summed E-state index contributed by atoms with van der Waals surface area (Å²) in [5, 5.41) is 0. The summed E-state index contributed by atoms with van der Waals surface area (Å²) in [6.07, 6.45) is 2.94. The van der Waals surface area contributed by atoms with Crippen LogP contribution in [0, 0.1) is 5.92 Å². The summed E-state index contributed by atoms with van der Waals surface area (Å²) in [5.41, 5.74) is 6.73. The third-order valence-corrected chi connectivity index (χ3v) is 2.87. The number of likely N-dealkylation sites (N-methyl/N-ethyl adjacent to an activating group) is 1. The zero-order valence-corrected chi connectivity index (χ0v) is 11.8. The first-order valence-electron chi connectivity index (χ1n) is 6.57. The molecule has 3 nitrogen and oxygen atoms in total. The van der Waals surface area contributed by atoms with E-state index in [0.717, 1.165) is 31.4 Å². The van der Waals surface area contributed by atoms with Crippen molar-refractivity contribution in [1.82, 2.24) is 4.90 Å². The van der Waals surface area contributed by atoms with Gasteiger partial charge in [-0.05, 0) is 33.6 Å². The molecule has 0 fully saturated rings. The molecule has 3 heteroatoms. The normalized spacial score (nSPS) is 14.2. The fraction of sp³-hybridized carbons (Fsp3) is 0.786. The van der Waals surface area contributed by atoms with Gasteiger partial charge >= 0.3 is 0 Å². The third-order valence-electron chi connectivity index (χ3n) is 2.87. The lowest BCUT2D eigenvalue weighted by atomic mass is 10.0. The Morgan fingerprint density at radius 3 is 2.35 bits per heavy atom. The van der Waals surface area contributed by atoms with E-state index in [1.165, 1.54) is 0 Å². The van der Waals surface area contributed by atoms with Gasteiger partial charge in [-0.1, -0.05) is 25.5 Å². The molecule has 2 unspecified atom stereocenters. The molecule has 1 amide bonds. The van der Waals surface area contributed by atoms with E-state index < -0.39 is 0 Å². The number of nitrogens with two attached hydrogens (primary N) is 1. The zero-order chi connectivity index (χ0) is 13.4. The number of nitrogens with zero attached hydrogens (tertiary/aromatic N) is 1. The Morgan fingerprint density at radius 1 is 1.35 bits per heavy atom. The van der Waals surface area contributed by atoms with Crippen LogP contribution < -0.4 is 5.73 Å². The standard InChI is InChI=1S/C14H28N2O/c1-6-16(10-11(2)3)14(17)12(4)8-7-9-13(5)15/h12-13H,2,6-10,15H2,1,3-5H3. The maximum absolute atomic E-state index is 12.1. The number of carbonyl (C=O) groups is 1. The van der Waals surface area contributed by atoms with Crippen molar-refractivity contribution in [3.63, 3.8) is 0 Å². The van der Waals surface area contributed by atoms with Gasteiger partial charge in [0.2, 0.25) is 5.91 Å². The Bertz CT molecular complexity index is 249. The van der Waals surface area contributed by atoms with E-state index in [-0.39, 0.29) is 17.9 Å². The van der Waals surface area contributed by atoms with Crippen molar-refractivity contribution in [2.24, 2.45) is 11.7 Å². The summed E-state index contributed by atoms with van der Waals surface area (Å²) in [5.74, 6) is 0.327. The van der Waals surface area contributed by atoms with Crippen molar-refractivity contribution in [1.29, 1.82) is 0 Å². The van der Waals surface area contributed by atoms with Crippen molar-refractivity contribution in [3.05, 3.63) is 12.2 Å². The van der Waals surface area contributed by atoms with Gasteiger partial charge in [-0.2, -0.15) is 0 Å². The van der Waals surface area contributed by atoms with Crippen LogP contribution in [-0.4, -0.2) is 29.9 Å². The molecule has 0 aromatic heterocycles. The highest BCUT2D eigenvalue weighted by molar-refractivity contribution is 5.78. The minimum Gasteiger partial charge on any atom is -0.339 e. The molecule has 17 heavy (non-hydrogen) atoms. The molecule has 0 aliphatic carbocycles. The highest BCUT2D eigenvalue weighted by Gasteiger charge is 2.18. The molecule has 0 aliphatic rings. The summed E-state index contributed by atoms with van der Waals surface area (Å²) in [4.78, 5) is 14.0. The van der Waals surface area contributed by atoms with Crippen LogP contribution >= 0.6 is 0 Å². The van der Waals surface area contributed by atoms with Crippen LogP contribution in [-0.2, 0) is 4.79 Å². The fourth-order valence-corrected chi connectivity index (χ4v) is 1.85. The molecule has 0 spiro atoms. The SMILES string of the molecule is C=C(C)CN(CC)C(=O)C(C)CCCC(C)N. The predicted molar refractivity (Wildman–Crippen MR) is 73.7 cm³/mol. The number of rotatable bonds is 8. The van der Waals surface area contributed by atoms with Gasteiger partial charge in [0.05, 0.1) is 0 Å². The number of amides is 1. The number of carbonyl (C=O) groups excluding carboxylic acids is 1. The summed E-state index contributed by atoms with van der Waals surface area (Å²) < 4.78 is 0. The van der Waals surface area contributed by atoms with Gasteiger partial charge in [-0.3, -0.25) is 4.79 Å². The molecule has 100 valence electrons. The topological polar surface area (TPSA) is 46.3 Å². The predicted octanol–water partition coefficient (Wildman–Crippen LogP) is 2.56. The maximum Gasteiger partial charge on any atom is 0.225 e. The lowest BCUT2D eigenvalue weighted by molar-refractivity contribution is -0.134. The molecule has 0 heterocycles. The zero-order valence-electron chi connectivity index (χ0n) is 11.8. The fourth-order valence-electron chi connectivity index (χ4n) is 1.85. The average molecular weight is 240 g/mol. The molecule has 0 saturated carbocycles. The van der Waals surface area contributed by atoms with Crippen molar-refractivity contribution < 1.29 is 4.79 Å². The Hall–Kier alpha value is -0.830. The van der Waals surface area contributed by atoms with Crippen molar-refractivity contribution in [3.8, 4) is 0 Å². The molecule has 0 aliphatic heterocycles. The van der Waals surface area contributed by atoms with Gasteiger partial charge < -0.3 is 10.6 Å². The molecule has 2 atom stereocenters. The van der Waals surface area contributed by atoms with Crippen LogP contribution in [0.15, 0.2) is 12.2 Å². The Balaban J connectivity index is 4.12. The molecule has 2 N–H and O–H groups in total. The van der Waals surface area contributed by atoms with Crippen LogP contribution in [0.5, 0.6) is 0 Å². The second-order valence-electron chi connectivity index (χ2n) is 5.12. The van der Waals surface area contributed by atoms with Gasteiger partial charge in [-0.15, -0.1) is 0 Å². The van der Waals surface area contributed by atoms with E-state index in [1.807, 2.05) is 32.6 Å². The molecule has 0 aromatic carbocycles. The Kier molecular flexibility index (Phi) is 7.88. The molecule has 0 saturated heterocycles. The van der Waals surface area contributed by atoms with Crippen molar-refractivity contribution >= 4 is 5.91 Å². The number of hydrogen-bond donors (Lipinski definition) is 1. The molecular formula is C14H28N2O. The maximum atomic E-state index is 12.1. The molecule has 0 aromatic rings. The van der Waals surface area contributed by atoms with Crippen LogP contribution in [0.1, 0.15) is 47.0 Å². The third kappa shape index (κ3) is 7.16. The number of hydrogen-bond acceptors (Lipinski definition) is 2. The first-order valence-corrected chi connectivity index (χ1v) is 6.57. The first kappa shape index (κ1) is 16.2. The summed E-state index contributed by atoms with van der Waals surface area (Å²) in [6, 6.07) is 0.231. The van der Waals surface area contributed by atoms with Gasteiger partial charge in [-0.25, -0.2) is 0 Å². The first-order chi connectivity index (χ1) is 7.88. The quantitative estimate of drug-likeness (QED) is 0.663. The smallest absolute Gasteiger partial charge is 0.225 e. The van der Waals surface area contributed by atoms with E-state index in [2.05, 4.69) is 6.58 Å². The van der Waals surface area contributed by atoms with Gasteiger partial charge in [0.25, 0.3) is 0 Å². The van der Waals surface area contributed by atoms with Crippen LogP contribution in [0.4, 0.5) is 0 Å². The van der Waals surface area contributed by atoms with Crippen LogP contribution in [0.2, 0.25) is 0 Å². The summed E-state index contributed by atoms with van der Waals surface area (Å²) in [7, 11) is 0. The Morgan fingerprint density at radius 2 is 1.94 bits per heavy atom. The van der Waals surface area contributed by atoms with Gasteiger partial charge in [0, 0.05) is 25.0 Å². The van der Waals surface area contributed by atoms with E-state index in [0.29, 0.717) is 6.54 Å². The van der Waals surface area contributed by atoms with E-state index in [9.17, 15) is 4.79 Å². The second-order valence-corrected chi connectivity index (χ2v) is 5.12. The largest absolute Gasteiger partial charge is 0.339 e. The minimum atomic E-state index is 0.0908. The summed E-state index contributed by atoms with van der Waals surface area (Å²) >= 11 is 0. The Labute approximate surface area is 106 Å². The highest BCUT2D eigenvalue weighted by atomic mass is 16.2. The van der Waals surface area contributed by atoms with Crippen molar-refractivity contribution in [2.75, 3.05) is 13.1 Å². The molecular weight excluding hydrogens is 212 g/mol.